The average molecular weight is 283 g/mol. The molecule has 4 heteroatoms. The van der Waals surface area contributed by atoms with Crippen molar-refractivity contribution in [3.63, 3.8) is 0 Å². The summed E-state index contributed by atoms with van der Waals surface area (Å²) in [7, 11) is 0. The molecule has 0 aliphatic rings. The van der Waals surface area contributed by atoms with Crippen molar-refractivity contribution in [2.75, 3.05) is 18.5 Å². The van der Waals surface area contributed by atoms with Crippen molar-refractivity contribution in [2.24, 2.45) is 0 Å². The van der Waals surface area contributed by atoms with Crippen molar-refractivity contribution >= 4 is 11.7 Å². The first-order valence-corrected chi connectivity index (χ1v) is 6.83. The Hall–Kier alpha value is -2.67. The lowest BCUT2D eigenvalue weighted by Gasteiger charge is -2.05. The first kappa shape index (κ1) is 14.7. The Morgan fingerprint density at radius 2 is 2.10 bits per heavy atom. The van der Waals surface area contributed by atoms with E-state index in [0.29, 0.717) is 24.4 Å². The summed E-state index contributed by atoms with van der Waals surface area (Å²) in [5.41, 5.74) is 1.50. The summed E-state index contributed by atoms with van der Waals surface area (Å²) in [4.78, 5) is 11.5. The summed E-state index contributed by atoms with van der Waals surface area (Å²) in [5, 5.41) is 3.24. The highest BCUT2D eigenvalue weighted by atomic mass is 16.5. The molecule has 1 N–H and O–H groups in total. The Morgan fingerprint density at radius 3 is 2.76 bits per heavy atom. The Balaban J connectivity index is 1.77. The average Bonchev–Trinajstić information content (AvgIpc) is 3.01. The molecule has 0 unspecified atom stereocenters. The summed E-state index contributed by atoms with van der Waals surface area (Å²) in [6.07, 6.45) is 2.31. The second kappa shape index (κ2) is 7.81. The predicted molar refractivity (Wildman–Crippen MR) is 81.1 cm³/mol. The molecular weight excluding hydrogens is 266 g/mol. The highest BCUT2D eigenvalue weighted by Crippen LogP contribution is 2.10. The minimum absolute atomic E-state index is 0.298. The van der Waals surface area contributed by atoms with Crippen LogP contribution in [0.2, 0.25) is 0 Å². The fourth-order valence-corrected chi connectivity index (χ4v) is 1.71. The van der Waals surface area contributed by atoms with Gasteiger partial charge in [-0.05, 0) is 49.2 Å². The lowest BCUT2D eigenvalue weighted by molar-refractivity contribution is 0.0526. The molecule has 0 radical (unpaired) electrons. The monoisotopic (exact) mass is 283 g/mol. The van der Waals surface area contributed by atoms with Crippen LogP contribution in [0.15, 0.2) is 47.1 Å². The van der Waals surface area contributed by atoms with E-state index in [1.165, 1.54) is 0 Å². The van der Waals surface area contributed by atoms with Crippen molar-refractivity contribution in [3.05, 3.63) is 54.0 Å². The predicted octanol–water partition coefficient (Wildman–Crippen LogP) is 3.31. The third-order valence-corrected chi connectivity index (χ3v) is 2.71. The summed E-state index contributed by atoms with van der Waals surface area (Å²) in [6.45, 7) is 2.90. The lowest BCUT2D eigenvalue weighted by atomic mass is 10.2. The zero-order chi connectivity index (χ0) is 14.9. The Kier molecular flexibility index (Phi) is 5.48. The Bertz CT molecular complexity index is 618. The van der Waals surface area contributed by atoms with Gasteiger partial charge in [0.05, 0.1) is 18.4 Å². The fraction of sp³-hybridized carbons (Fsp3) is 0.235. The first-order chi connectivity index (χ1) is 10.3. The van der Waals surface area contributed by atoms with E-state index in [0.717, 1.165) is 12.2 Å². The maximum Gasteiger partial charge on any atom is 0.338 e. The fourth-order valence-electron chi connectivity index (χ4n) is 1.71. The normalized spacial score (nSPS) is 9.57. The molecule has 0 fully saturated rings. The number of anilines is 1. The van der Waals surface area contributed by atoms with Gasteiger partial charge in [-0.1, -0.05) is 5.92 Å². The maximum atomic E-state index is 11.5. The van der Waals surface area contributed by atoms with Gasteiger partial charge >= 0.3 is 5.97 Å². The molecular formula is C17H17NO3. The number of furan rings is 1. The van der Waals surface area contributed by atoms with E-state index in [2.05, 4.69) is 17.2 Å². The van der Waals surface area contributed by atoms with Gasteiger partial charge in [0.25, 0.3) is 0 Å². The van der Waals surface area contributed by atoms with Crippen molar-refractivity contribution in [1.29, 1.82) is 0 Å². The van der Waals surface area contributed by atoms with E-state index in [1.807, 2.05) is 24.3 Å². The first-order valence-electron chi connectivity index (χ1n) is 6.83. The van der Waals surface area contributed by atoms with Crippen LogP contribution in [0.3, 0.4) is 0 Å². The van der Waals surface area contributed by atoms with Crippen LogP contribution in [-0.2, 0) is 4.74 Å². The molecule has 2 rings (SSSR count). The lowest BCUT2D eigenvalue weighted by Crippen LogP contribution is -2.05. The molecule has 0 saturated heterocycles. The van der Waals surface area contributed by atoms with Gasteiger partial charge in [-0.25, -0.2) is 4.79 Å². The summed E-state index contributed by atoms with van der Waals surface area (Å²) < 4.78 is 10.0. The molecule has 0 bridgehead atoms. The molecule has 108 valence electrons. The number of esters is 1. The molecule has 1 aromatic carbocycles. The summed E-state index contributed by atoms with van der Waals surface area (Å²) in [6, 6.07) is 10.8. The van der Waals surface area contributed by atoms with Gasteiger partial charge in [0.2, 0.25) is 0 Å². The van der Waals surface area contributed by atoms with E-state index in [4.69, 9.17) is 9.15 Å². The van der Waals surface area contributed by atoms with Crippen molar-refractivity contribution < 1.29 is 13.9 Å². The summed E-state index contributed by atoms with van der Waals surface area (Å²) >= 11 is 0. The van der Waals surface area contributed by atoms with Gasteiger partial charge in [0.1, 0.15) is 0 Å². The van der Waals surface area contributed by atoms with E-state index >= 15 is 0 Å². The van der Waals surface area contributed by atoms with Crippen molar-refractivity contribution in [1.82, 2.24) is 0 Å². The molecule has 0 aliphatic heterocycles. The molecule has 21 heavy (non-hydrogen) atoms. The van der Waals surface area contributed by atoms with Crippen LogP contribution in [0, 0.1) is 11.8 Å². The molecule has 1 aromatic heterocycles. The smallest absolute Gasteiger partial charge is 0.338 e. The van der Waals surface area contributed by atoms with Crippen LogP contribution in [-0.4, -0.2) is 19.1 Å². The van der Waals surface area contributed by atoms with E-state index in [9.17, 15) is 4.79 Å². The topological polar surface area (TPSA) is 51.5 Å². The number of rotatable bonds is 5. The molecule has 0 saturated carbocycles. The molecule has 4 nitrogen and oxygen atoms in total. The van der Waals surface area contributed by atoms with E-state index < -0.39 is 0 Å². The van der Waals surface area contributed by atoms with Gasteiger partial charge in [-0.3, -0.25) is 0 Å². The van der Waals surface area contributed by atoms with E-state index in [-0.39, 0.29) is 5.97 Å². The van der Waals surface area contributed by atoms with Gasteiger partial charge in [-0.15, -0.1) is 0 Å². The van der Waals surface area contributed by atoms with Gasteiger partial charge < -0.3 is 14.5 Å². The van der Waals surface area contributed by atoms with Gasteiger partial charge in [0, 0.05) is 18.7 Å². The second-order valence-corrected chi connectivity index (χ2v) is 4.25. The maximum absolute atomic E-state index is 11.5. The molecule has 0 amide bonds. The number of ether oxygens (including phenoxy) is 1. The number of benzene rings is 1. The molecule has 0 atom stereocenters. The molecule has 0 aliphatic carbocycles. The van der Waals surface area contributed by atoms with Crippen LogP contribution in [0.25, 0.3) is 0 Å². The Labute approximate surface area is 124 Å². The number of hydrogen-bond acceptors (Lipinski definition) is 4. The Morgan fingerprint density at radius 1 is 1.29 bits per heavy atom. The quantitative estimate of drug-likeness (QED) is 0.519. The summed E-state index contributed by atoms with van der Waals surface area (Å²) in [5.74, 6) is 6.33. The van der Waals surface area contributed by atoms with Crippen LogP contribution in [0.1, 0.15) is 29.5 Å². The molecule has 0 spiro atoms. The van der Waals surface area contributed by atoms with Crippen LogP contribution in [0.4, 0.5) is 5.69 Å². The zero-order valence-corrected chi connectivity index (χ0v) is 11.9. The largest absolute Gasteiger partial charge is 0.462 e. The third kappa shape index (κ3) is 4.73. The number of carbonyl (C=O) groups is 1. The molecule has 2 aromatic rings. The minimum atomic E-state index is -0.298. The zero-order valence-electron chi connectivity index (χ0n) is 11.9. The number of carbonyl (C=O) groups excluding carboxylic acids is 1. The molecule has 1 heterocycles. The van der Waals surface area contributed by atoms with Crippen LogP contribution in [0.5, 0.6) is 0 Å². The van der Waals surface area contributed by atoms with Crippen molar-refractivity contribution in [2.45, 2.75) is 13.3 Å². The van der Waals surface area contributed by atoms with Crippen LogP contribution < -0.4 is 5.32 Å². The SMILES string of the molecule is CCOC(=O)c1ccc(NCCC#Cc2ccco2)cc1. The van der Waals surface area contributed by atoms with Crippen LogP contribution >= 0.6 is 0 Å². The highest BCUT2D eigenvalue weighted by Gasteiger charge is 2.04. The third-order valence-electron chi connectivity index (χ3n) is 2.71. The highest BCUT2D eigenvalue weighted by molar-refractivity contribution is 5.89. The minimum Gasteiger partial charge on any atom is -0.462 e. The van der Waals surface area contributed by atoms with Gasteiger partial charge in [0.15, 0.2) is 5.76 Å². The van der Waals surface area contributed by atoms with E-state index in [1.54, 1.807) is 25.3 Å². The van der Waals surface area contributed by atoms with Crippen molar-refractivity contribution in [3.8, 4) is 11.8 Å². The number of nitrogens with one attached hydrogen (secondary N) is 1. The standard InChI is InChI=1S/C17H17NO3/c1-2-20-17(19)14-8-10-15(11-9-14)18-12-4-3-6-16-7-5-13-21-16/h5,7-11,13,18H,2,4,12H2,1H3. The number of hydrogen-bond donors (Lipinski definition) is 1. The van der Waals surface area contributed by atoms with Gasteiger partial charge in [-0.2, -0.15) is 0 Å². The second-order valence-electron chi connectivity index (χ2n) is 4.25.